The Bertz CT molecular complexity index is 1110. The van der Waals surface area contributed by atoms with Gasteiger partial charge in [0.05, 0.1) is 6.42 Å². The summed E-state index contributed by atoms with van der Waals surface area (Å²) in [5.41, 5.74) is 9.31. The number of benzene rings is 2. The third-order valence-electron chi connectivity index (χ3n) is 8.63. The Morgan fingerprint density at radius 2 is 1.54 bits per heavy atom. The van der Waals surface area contributed by atoms with Crippen LogP contribution in [0, 0.1) is 18.3 Å². The molecule has 1 atom stereocenters. The van der Waals surface area contributed by atoms with Crippen LogP contribution in [0.4, 0.5) is 5.69 Å². The normalized spacial score (nSPS) is 19.3. The van der Waals surface area contributed by atoms with Crippen LogP contribution in [-0.2, 0) is 16.0 Å². The van der Waals surface area contributed by atoms with Crippen molar-refractivity contribution in [2.45, 2.75) is 57.4 Å². The molecule has 1 unspecified atom stereocenters. The molecule has 2 aromatic carbocycles. The van der Waals surface area contributed by atoms with Crippen LogP contribution in [0.15, 0.2) is 48.5 Å². The summed E-state index contributed by atoms with van der Waals surface area (Å²) >= 11 is 5.98. The Labute approximate surface area is 238 Å². The summed E-state index contributed by atoms with van der Waals surface area (Å²) < 4.78 is 0. The molecule has 39 heavy (non-hydrogen) atoms. The van der Waals surface area contributed by atoms with Gasteiger partial charge < -0.3 is 15.5 Å². The summed E-state index contributed by atoms with van der Waals surface area (Å²) in [6.07, 6.45) is 11.3. The van der Waals surface area contributed by atoms with Crippen molar-refractivity contribution in [1.82, 2.24) is 9.80 Å². The Kier molecular flexibility index (Phi) is 9.46. The van der Waals surface area contributed by atoms with Gasteiger partial charge in [-0.05, 0) is 67.7 Å². The van der Waals surface area contributed by atoms with Crippen molar-refractivity contribution in [2.75, 3.05) is 44.2 Å². The number of halogens is 1. The zero-order chi connectivity index (χ0) is 27.2. The van der Waals surface area contributed by atoms with E-state index >= 15 is 0 Å². The molecule has 1 aliphatic heterocycles. The van der Waals surface area contributed by atoms with E-state index < -0.39 is 6.04 Å². The molecule has 1 saturated heterocycles. The lowest BCUT2D eigenvalue weighted by Gasteiger charge is -2.39. The van der Waals surface area contributed by atoms with Gasteiger partial charge >= 0.3 is 0 Å². The molecular formula is C32H42ClN4O2. The highest BCUT2D eigenvalue weighted by Gasteiger charge is 2.35. The highest BCUT2D eigenvalue weighted by molar-refractivity contribution is 6.30. The molecule has 0 bridgehead atoms. The molecular weight excluding hydrogens is 508 g/mol. The number of nitrogens with two attached hydrogens (primary N) is 1. The van der Waals surface area contributed by atoms with Crippen LogP contribution in [0.25, 0.3) is 0 Å². The number of rotatable bonds is 11. The minimum absolute atomic E-state index is 0.0657. The predicted molar refractivity (Wildman–Crippen MR) is 157 cm³/mol. The summed E-state index contributed by atoms with van der Waals surface area (Å²) in [4.78, 5) is 32.6. The third-order valence-corrected chi connectivity index (χ3v) is 8.88. The molecule has 2 saturated carbocycles. The van der Waals surface area contributed by atoms with E-state index in [0.29, 0.717) is 36.4 Å². The monoisotopic (exact) mass is 549 g/mol. The van der Waals surface area contributed by atoms with Gasteiger partial charge in [-0.25, -0.2) is 0 Å². The Morgan fingerprint density at radius 1 is 0.897 bits per heavy atom. The summed E-state index contributed by atoms with van der Waals surface area (Å²) in [6.45, 7) is 4.66. The lowest BCUT2D eigenvalue weighted by atomic mass is 9.88. The number of hydrogen-bond acceptors (Lipinski definition) is 4. The van der Waals surface area contributed by atoms with E-state index in [9.17, 15) is 9.59 Å². The van der Waals surface area contributed by atoms with Gasteiger partial charge in [0, 0.05) is 55.5 Å². The third kappa shape index (κ3) is 7.55. The zero-order valence-electron chi connectivity index (χ0n) is 22.9. The maximum Gasteiger partial charge on any atom is 0.239 e. The van der Waals surface area contributed by atoms with Gasteiger partial charge in [-0.3, -0.25) is 14.5 Å². The van der Waals surface area contributed by atoms with Crippen molar-refractivity contribution in [1.29, 1.82) is 0 Å². The van der Waals surface area contributed by atoms with Crippen molar-refractivity contribution < 1.29 is 9.59 Å². The fourth-order valence-electron chi connectivity index (χ4n) is 6.28. The molecule has 5 rings (SSSR count). The highest BCUT2D eigenvalue weighted by atomic mass is 35.5. The van der Waals surface area contributed by atoms with Crippen LogP contribution in [0.1, 0.15) is 62.1 Å². The smallest absolute Gasteiger partial charge is 0.239 e. The molecule has 1 heterocycles. The fourth-order valence-corrected chi connectivity index (χ4v) is 6.40. The van der Waals surface area contributed by atoms with Crippen LogP contribution in [0.2, 0.25) is 5.02 Å². The van der Waals surface area contributed by atoms with Crippen LogP contribution < -0.4 is 10.6 Å². The summed E-state index contributed by atoms with van der Waals surface area (Å²) in [5.74, 6) is 1.13. The van der Waals surface area contributed by atoms with Crippen molar-refractivity contribution in [3.8, 4) is 0 Å². The van der Waals surface area contributed by atoms with Gasteiger partial charge in [0.25, 0.3) is 0 Å². The average Bonchev–Trinajstić information content (AvgIpc) is 3.77. The second kappa shape index (κ2) is 13.2. The summed E-state index contributed by atoms with van der Waals surface area (Å²) in [5, 5.41) is 0.699. The van der Waals surface area contributed by atoms with Gasteiger partial charge in [0.2, 0.25) is 11.8 Å². The lowest BCUT2D eigenvalue weighted by molar-refractivity contribution is -0.128. The molecule has 1 radical (unpaired) electrons. The van der Waals surface area contributed by atoms with Gasteiger partial charge in [0.15, 0.2) is 0 Å². The van der Waals surface area contributed by atoms with E-state index in [2.05, 4.69) is 21.9 Å². The van der Waals surface area contributed by atoms with E-state index in [0.717, 1.165) is 43.0 Å². The molecule has 2 N–H and O–H groups in total. The SMILES string of the molecule is NC(=O)C(c1ccccc1N1CCN(C(=O)[CH]Cc2ccc(Cl)cc2)CC1)N(CC1CCCCC1)CC1CC1. The minimum Gasteiger partial charge on any atom is -0.368 e. The molecule has 0 aromatic heterocycles. The molecule has 3 aliphatic rings. The van der Waals surface area contributed by atoms with Gasteiger partial charge in [-0.1, -0.05) is 61.2 Å². The fraction of sp³-hybridized carbons (Fsp3) is 0.531. The molecule has 2 aromatic rings. The molecule has 209 valence electrons. The number of para-hydroxylation sites is 1. The Morgan fingerprint density at radius 3 is 2.18 bits per heavy atom. The molecule has 3 fully saturated rings. The topological polar surface area (TPSA) is 69.9 Å². The number of nitrogens with zero attached hydrogens (tertiary/aromatic N) is 3. The second-order valence-corrected chi connectivity index (χ2v) is 12.0. The van der Waals surface area contributed by atoms with E-state index in [1.54, 1.807) is 6.42 Å². The zero-order valence-corrected chi connectivity index (χ0v) is 23.7. The van der Waals surface area contributed by atoms with Gasteiger partial charge in [0.1, 0.15) is 6.04 Å². The largest absolute Gasteiger partial charge is 0.368 e. The van der Waals surface area contributed by atoms with E-state index in [-0.39, 0.29) is 11.8 Å². The van der Waals surface area contributed by atoms with E-state index in [1.165, 1.54) is 44.9 Å². The number of primary amides is 1. The molecule has 2 aliphatic carbocycles. The predicted octanol–water partition coefficient (Wildman–Crippen LogP) is 5.25. The van der Waals surface area contributed by atoms with Crippen LogP contribution >= 0.6 is 11.6 Å². The average molecular weight is 550 g/mol. The molecule has 2 amide bonds. The van der Waals surface area contributed by atoms with Crippen molar-refractivity contribution >= 4 is 29.1 Å². The molecule has 6 nitrogen and oxygen atoms in total. The van der Waals surface area contributed by atoms with Crippen LogP contribution in [0.5, 0.6) is 0 Å². The second-order valence-electron chi connectivity index (χ2n) is 11.6. The first-order chi connectivity index (χ1) is 19.0. The minimum atomic E-state index is -0.420. The van der Waals surface area contributed by atoms with Crippen molar-refractivity contribution in [2.24, 2.45) is 17.6 Å². The maximum atomic E-state index is 13.1. The van der Waals surface area contributed by atoms with Crippen molar-refractivity contribution in [3.63, 3.8) is 0 Å². The Hall–Kier alpha value is -2.57. The van der Waals surface area contributed by atoms with Crippen LogP contribution in [0.3, 0.4) is 0 Å². The standard InChI is InChI=1S/C32H42ClN4O2/c33-27-15-12-24(13-16-27)14-17-30(38)36-20-18-35(19-21-36)29-9-5-4-8-28(29)31(32(34)39)37(23-26-10-11-26)22-25-6-2-1-3-7-25/h4-5,8-9,12-13,15-17,25-26,31H,1-3,6-7,10-11,14,18-23H2,(H2,34,39). The first kappa shape index (κ1) is 28.0. The quantitative estimate of drug-likeness (QED) is 0.415. The Balaban J connectivity index is 1.25. The van der Waals surface area contributed by atoms with Gasteiger partial charge in [-0.15, -0.1) is 0 Å². The number of anilines is 1. The first-order valence-corrected chi connectivity index (χ1v) is 15.1. The molecule has 7 heteroatoms. The first-order valence-electron chi connectivity index (χ1n) is 14.7. The summed E-state index contributed by atoms with van der Waals surface area (Å²) in [7, 11) is 0. The van der Waals surface area contributed by atoms with E-state index in [4.69, 9.17) is 17.3 Å². The van der Waals surface area contributed by atoms with Crippen molar-refractivity contribution in [3.05, 3.63) is 71.1 Å². The number of amides is 2. The number of carbonyl (C=O) groups is 2. The summed E-state index contributed by atoms with van der Waals surface area (Å²) in [6, 6.07) is 15.5. The number of carbonyl (C=O) groups excluding carboxylic acids is 2. The van der Waals surface area contributed by atoms with E-state index in [1.807, 2.05) is 41.3 Å². The lowest BCUT2D eigenvalue weighted by Crippen LogP contribution is -2.49. The molecule has 0 spiro atoms. The van der Waals surface area contributed by atoms with Gasteiger partial charge in [-0.2, -0.15) is 0 Å². The highest BCUT2D eigenvalue weighted by Crippen LogP contribution is 2.37. The number of hydrogen-bond donors (Lipinski definition) is 1. The number of piperazine rings is 1. The van der Waals surface area contributed by atoms with Crippen LogP contribution in [-0.4, -0.2) is 60.9 Å². The maximum absolute atomic E-state index is 13.1.